The largest absolute Gasteiger partial charge is 0.417 e. The highest BCUT2D eigenvalue weighted by Crippen LogP contribution is 2.29. The number of rotatable bonds is 2. The Morgan fingerprint density at radius 2 is 1.86 bits per heavy atom. The second-order valence-corrected chi connectivity index (χ2v) is 5.19. The molecule has 0 unspecified atom stereocenters. The standard InChI is InChI=1S/C15H16F3N3/c16-15(17,18)12-3-4-14(19-11-12)21-9-5-13(6-10-21)20-7-1-2-8-20/h3-6,9,11H,1-2,7-8,10H2. The van der Waals surface area contributed by atoms with Crippen molar-refractivity contribution in [3.05, 3.63) is 47.9 Å². The Kier molecular flexibility index (Phi) is 3.61. The third-order valence-electron chi connectivity index (χ3n) is 3.76. The van der Waals surface area contributed by atoms with Crippen molar-refractivity contribution in [3.63, 3.8) is 0 Å². The molecule has 2 aliphatic rings. The van der Waals surface area contributed by atoms with Gasteiger partial charge in [0.2, 0.25) is 0 Å². The average molecular weight is 295 g/mol. The molecule has 112 valence electrons. The third-order valence-corrected chi connectivity index (χ3v) is 3.76. The number of anilines is 1. The van der Waals surface area contributed by atoms with Crippen LogP contribution in [0.4, 0.5) is 19.0 Å². The van der Waals surface area contributed by atoms with Gasteiger partial charge in [-0.2, -0.15) is 13.2 Å². The van der Waals surface area contributed by atoms with Crippen LogP contribution >= 0.6 is 0 Å². The summed E-state index contributed by atoms with van der Waals surface area (Å²) in [4.78, 5) is 8.06. The van der Waals surface area contributed by atoms with E-state index < -0.39 is 11.7 Å². The van der Waals surface area contributed by atoms with Gasteiger partial charge in [0.1, 0.15) is 5.82 Å². The molecule has 3 nitrogen and oxygen atoms in total. The van der Waals surface area contributed by atoms with E-state index in [2.05, 4.69) is 16.0 Å². The highest BCUT2D eigenvalue weighted by atomic mass is 19.4. The molecule has 0 aromatic carbocycles. The van der Waals surface area contributed by atoms with Crippen LogP contribution in [0.2, 0.25) is 0 Å². The first kappa shape index (κ1) is 14.0. The van der Waals surface area contributed by atoms with E-state index in [1.54, 1.807) is 0 Å². The number of allylic oxidation sites excluding steroid dienone is 1. The molecular weight excluding hydrogens is 279 g/mol. The van der Waals surface area contributed by atoms with Gasteiger partial charge in [0, 0.05) is 37.7 Å². The Labute approximate surface area is 121 Å². The van der Waals surface area contributed by atoms with Crippen molar-refractivity contribution in [1.29, 1.82) is 0 Å². The number of likely N-dealkylation sites (tertiary alicyclic amines) is 1. The van der Waals surface area contributed by atoms with Crippen molar-refractivity contribution in [3.8, 4) is 0 Å². The SMILES string of the molecule is FC(F)(F)c1ccc(N2C=CC(N3CCCC3)=CC2)nc1. The van der Waals surface area contributed by atoms with E-state index in [0.717, 1.165) is 25.4 Å². The Morgan fingerprint density at radius 1 is 1.10 bits per heavy atom. The normalized spacial score (nSPS) is 19.1. The van der Waals surface area contributed by atoms with Gasteiger partial charge < -0.3 is 9.80 Å². The van der Waals surface area contributed by atoms with E-state index in [4.69, 9.17) is 0 Å². The maximum absolute atomic E-state index is 12.5. The first-order valence-corrected chi connectivity index (χ1v) is 6.97. The summed E-state index contributed by atoms with van der Waals surface area (Å²) in [7, 11) is 0. The van der Waals surface area contributed by atoms with Gasteiger partial charge >= 0.3 is 6.18 Å². The Morgan fingerprint density at radius 3 is 2.38 bits per heavy atom. The van der Waals surface area contributed by atoms with Gasteiger partial charge in [-0.3, -0.25) is 0 Å². The molecule has 3 rings (SSSR count). The molecule has 0 spiro atoms. The van der Waals surface area contributed by atoms with Crippen LogP contribution in [0.5, 0.6) is 0 Å². The summed E-state index contributed by atoms with van der Waals surface area (Å²) < 4.78 is 37.5. The van der Waals surface area contributed by atoms with E-state index >= 15 is 0 Å². The average Bonchev–Trinajstić information content (AvgIpc) is 3.01. The summed E-state index contributed by atoms with van der Waals surface area (Å²) in [6.45, 7) is 2.78. The zero-order chi connectivity index (χ0) is 14.9. The Balaban J connectivity index is 1.68. The van der Waals surface area contributed by atoms with Crippen LogP contribution in [0.1, 0.15) is 18.4 Å². The highest BCUT2D eigenvalue weighted by molar-refractivity contribution is 5.47. The summed E-state index contributed by atoms with van der Waals surface area (Å²) in [5, 5.41) is 0. The van der Waals surface area contributed by atoms with Crippen molar-refractivity contribution in [2.24, 2.45) is 0 Å². The Hall–Kier alpha value is -1.98. The first-order valence-electron chi connectivity index (χ1n) is 6.97. The lowest BCUT2D eigenvalue weighted by atomic mass is 10.2. The van der Waals surface area contributed by atoms with E-state index in [9.17, 15) is 13.2 Å². The van der Waals surface area contributed by atoms with Gasteiger partial charge in [0.25, 0.3) is 0 Å². The van der Waals surface area contributed by atoms with E-state index in [1.165, 1.54) is 24.6 Å². The molecule has 0 amide bonds. The summed E-state index contributed by atoms with van der Waals surface area (Å²) in [6, 6.07) is 2.47. The summed E-state index contributed by atoms with van der Waals surface area (Å²) in [5.74, 6) is 0.524. The fourth-order valence-corrected chi connectivity index (χ4v) is 2.59. The molecule has 2 aliphatic heterocycles. The maximum Gasteiger partial charge on any atom is 0.417 e. The fourth-order valence-electron chi connectivity index (χ4n) is 2.59. The molecule has 0 atom stereocenters. The van der Waals surface area contributed by atoms with Gasteiger partial charge in [-0.1, -0.05) is 0 Å². The molecule has 6 heteroatoms. The van der Waals surface area contributed by atoms with Crippen LogP contribution in [0, 0.1) is 0 Å². The van der Waals surface area contributed by atoms with Gasteiger partial charge in [0.05, 0.1) is 5.56 Å². The van der Waals surface area contributed by atoms with E-state index in [1.807, 2.05) is 17.2 Å². The Bertz CT molecular complexity index is 555. The van der Waals surface area contributed by atoms with Gasteiger partial charge in [0.15, 0.2) is 0 Å². The lowest BCUT2D eigenvalue weighted by Crippen LogP contribution is -2.25. The molecule has 21 heavy (non-hydrogen) atoms. The van der Waals surface area contributed by atoms with E-state index in [0.29, 0.717) is 12.4 Å². The van der Waals surface area contributed by atoms with E-state index in [-0.39, 0.29) is 0 Å². The topological polar surface area (TPSA) is 19.4 Å². The lowest BCUT2D eigenvalue weighted by Gasteiger charge is -2.26. The predicted octanol–water partition coefficient (Wildman–Crippen LogP) is 3.41. The molecule has 1 saturated heterocycles. The van der Waals surface area contributed by atoms with Crippen LogP contribution < -0.4 is 4.90 Å². The van der Waals surface area contributed by atoms with Gasteiger partial charge in [-0.05, 0) is 37.1 Å². The van der Waals surface area contributed by atoms with Crippen molar-refractivity contribution in [1.82, 2.24) is 9.88 Å². The minimum absolute atomic E-state index is 0.524. The molecular formula is C15H16F3N3. The number of nitrogens with zero attached hydrogens (tertiary/aromatic N) is 3. The molecule has 1 aromatic heterocycles. The molecule has 1 fully saturated rings. The molecule has 0 radical (unpaired) electrons. The first-order chi connectivity index (χ1) is 10.0. The molecule has 0 saturated carbocycles. The van der Waals surface area contributed by atoms with Crippen LogP contribution in [0.3, 0.4) is 0 Å². The number of pyridine rings is 1. The number of hydrogen-bond donors (Lipinski definition) is 0. The van der Waals surface area contributed by atoms with Gasteiger partial charge in [-0.25, -0.2) is 4.98 Å². The van der Waals surface area contributed by atoms with Crippen LogP contribution in [-0.2, 0) is 6.18 Å². The smallest absolute Gasteiger partial charge is 0.372 e. The summed E-state index contributed by atoms with van der Waals surface area (Å²) >= 11 is 0. The minimum atomic E-state index is -4.34. The second kappa shape index (κ2) is 5.42. The summed E-state index contributed by atoms with van der Waals surface area (Å²) in [6.07, 6.45) is 4.93. The third kappa shape index (κ3) is 3.04. The predicted molar refractivity (Wildman–Crippen MR) is 74.6 cm³/mol. The van der Waals surface area contributed by atoms with Crippen molar-refractivity contribution >= 4 is 5.82 Å². The highest BCUT2D eigenvalue weighted by Gasteiger charge is 2.30. The van der Waals surface area contributed by atoms with Crippen LogP contribution in [-0.4, -0.2) is 29.5 Å². The van der Waals surface area contributed by atoms with Crippen LogP contribution in [0.25, 0.3) is 0 Å². The summed E-state index contributed by atoms with van der Waals surface area (Å²) in [5.41, 5.74) is 0.469. The quantitative estimate of drug-likeness (QED) is 0.833. The fraction of sp³-hybridized carbons (Fsp3) is 0.400. The van der Waals surface area contributed by atoms with Crippen LogP contribution in [0.15, 0.2) is 42.4 Å². The lowest BCUT2D eigenvalue weighted by molar-refractivity contribution is -0.137. The molecule has 3 heterocycles. The number of halogens is 3. The minimum Gasteiger partial charge on any atom is -0.372 e. The van der Waals surface area contributed by atoms with Crippen molar-refractivity contribution in [2.45, 2.75) is 19.0 Å². The molecule has 0 bridgehead atoms. The van der Waals surface area contributed by atoms with Crippen molar-refractivity contribution in [2.75, 3.05) is 24.5 Å². The second-order valence-electron chi connectivity index (χ2n) is 5.19. The number of alkyl halides is 3. The maximum atomic E-state index is 12.5. The monoisotopic (exact) mass is 295 g/mol. The molecule has 0 aliphatic carbocycles. The molecule has 0 N–H and O–H groups in total. The zero-order valence-corrected chi connectivity index (χ0v) is 11.5. The number of hydrogen-bond acceptors (Lipinski definition) is 3. The van der Waals surface area contributed by atoms with Crippen molar-refractivity contribution < 1.29 is 13.2 Å². The van der Waals surface area contributed by atoms with Gasteiger partial charge in [-0.15, -0.1) is 0 Å². The number of aromatic nitrogens is 1. The zero-order valence-electron chi connectivity index (χ0n) is 11.5. The molecule has 1 aromatic rings.